The van der Waals surface area contributed by atoms with E-state index in [1.54, 1.807) is 19.9 Å². The Hall–Kier alpha value is -2.86. The second-order valence-electron chi connectivity index (χ2n) is 5.86. The average Bonchev–Trinajstić information content (AvgIpc) is 3.05. The Morgan fingerprint density at radius 1 is 1.29 bits per heavy atom. The third-order valence-corrected chi connectivity index (χ3v) is 5.18. The van der Waals surface area contributed by atoms with E-state index in [1.165, 1.54) is 24.6 Å². The summed E-state index contributed by atoms with van der Waals surface area (Å²) in [6, 6.07) is 1.59. The number of sulfonamides is 1. The molecule has 0 saturated carbocycles. The minimum atomic E-state index is -3.51. The van der Waals surface area contributed by atoms with E-state index in [0.29, 0.717) is 33.0 Å². The molecule has 0 aliphatic rings. The molecule has 0 spiro atoms. The Morgan fingerprint density at radius 3 is 2.68 bits per heavy atom. The number of aryl methyl sites for hydroxylation is 1. The van der Waals surface area contributed by atoms with E-state index in [2.05, 4.69) is 30.0 Å². The van der Waals surface area contributed by atoms with Crippen LogP contribution in [-0.4, -0.2) is 47.6 Å². The van der Waals surface area contributed by atoms with Crippen LogP contribution in [0.5, 0.6) is 5.88 Å². The highest BCUT2D eigenvalue weighted by atomic mass is 32.2. The van der Waals surface area contributed by atoms with Crippen molar-refractivity contribution in [3.05, 3.63) is 18.0 Å². The molecule has 3 aromatic heterocycles. The molecule has 10 nitrogen and oxygen atoms in total. The molecule has 28 heavy (non-hydrogen) atoms. The topological polar surface area (TPSA) is 136 Å². The minimum Gasteiger partial charge on any atom is -0.480 e. The Bertz CT molecular complexity index is 1160. The highest BCUT2D eigenvalue weighted by Gasteiger charge is 2.16. The molecule has 0 aromatic carbocycles. The number of fused-ring (bicyclic) bond motifs is 1. The number of rotatable bonds is 6. The summed E-state index contributed by atoms with van der Waals surface area (Å²) in [6.07, 6.45) is 2.90. The van der Waals surface area contributed by atoms with Crippen LogP contribution in [-0.2, 0) is 14.8 Å². The molecule has 0 radical (unpaired) electrons. The number of methoxy groups -OCH3 is 1. The smallest absolute Gasteiger partial charge is 0.238 e. The van der Waals surface area contributed by atoms with Crippen LogP contribution in [0, 0.1) is 6.92 Å². The number of hydrogen-bond donors (Lipinski definition) is 2. The number of carbonyl (C=O) groups is 1. The molecule has 0 bridgehead atoms. The molecule has 148 valence electrons. The molecule has 0 fully saturated rings. The summed E-state index contributed by atoms with van der Waals surface area (Å²) in [5.41, 5.74) is 2.02. The molecule has 3 heterocycles. The van der Waals surface area contributed by atoms with Gasteiger partial charge in [0.2, 0.25) is 27.8 Å². The standard InChI is InChI=1S/C16H18N6O4S2/c1-5-11(23)19-16-18-8(2)12-15(21-16)27-14(20-12)9-6-10(22-28(4,24)25)13(26-3)17-7-9/h6-7,22H,5H2,1-4H3,(H,18,19,21,23). The van der Waals surface area contributed by atoms with Gasteiger partial charge in [-0.3, -0.25) is 14.8 Å². The lowest BCUT2D eigenvalue weighted by Gasteiger charge is -2.09. The first-order valence-electron chi connectivity index (χ1n) is 8.17. The summed E-state index contributed by atoms with van der Waals surface area (Å²) in [6.45, 7) is 3.52. The van der Waals surface area contributed by atoms with Gasteiger partial charge in [-0.05, 0) is 13.0 Å². The van der Waals surface area contributed by atoms with Crippen LogP contribution < -0.4 is 14.8 Å². The van der Waals surface area contributed by atoms with Crippen molar-refractivity contribution in [1.29, 1.82) is 0 Å². The van der Waals surface area contributed by atoms with Gasteiger partial charge in [0.15, 0.2) is 0 Å². The first-order chi connectivity index (χ1) is 13.2. The lowest BCUT2D eigenvalue weighted by molar-refractivity contribution is -0.115. The number of nitrogens with one attached hydrogen (secondary N) is 2. The van der Waals surface area contributed by atoms with Crippen molar-refractivity contribution in [2.45, 2.75) is 20.3 Å². The summed E-state index contributed by atoms with van der Waals surface area (Å²) < 4.78 is 30.7. The molecular formula is C16H18N6O4S2. The monoisotopic (exact) mass is 422 g/mol. The van der Waals surface area contributed by atoms with Crippen molar-refractivity contribution in [3.8, 4) is 16.5 Å². The first-order valence-corrected chi connectivity index (χ1v) is 10.9. The zero-order valence-electron chi connectivity index (χ0n) is 15.6. The molecule has 1 amide bonds. The summed E-state index contributed by atoms with van der Waals surface area (Å²) in [5, 5.41) is 3.22. The van der Waals surface area contributed by atoms with E-state index in [1.807, 2.05) is 0 Å². The van der Waals surface area contributed by atoms with Gasteiger partial charge in [0.05, 0.1) is 19.1 Å². The second-order valence-corrected chi connectivity index (χ2v) is 8.59. The number of anilines is 2. The normalized spacial score (nSPS) is 11.4. The Labute approximate surface area is 165 Å². The SMILES string of the molecule is CCC(=O)Nc1nc(C)c2nc(-c3cnc(OC)c(NS(C)(=O)=O)c3)sc2n1. The van der Waals surface area contributed by atoms with Crippen LogP contribution in [0.2, 0.25) is 0 Å². The maximum Gasteiger partial charge on any atom is 0.238 e. The van der Waals surface area contributed by atoms with E-state index < -0.39 is 10.0 Å². The Kier molecular flexibility index (Phi) is 5.42. The minimum absolute atomic E-state index is 0.149. The molecule has 12 heteroatoms. The van der Waals surface area contributed by atoms with E-state index in [0.717, 1.165) is 6.26 Å². The Morgan fingerprint density at radius 2 is 2.04 bits per heavy atom. The number of hydrogen-bond acceptors (Lipinski definition) is 9. The van der Waals surface area contributed by atoms with Crippen molar-refractivity contribution in [1.82, 2.24) is 19.9 Å². The van der Waals surface area contributed by atoms with Crippen molar-refractivity contribution in [2.75, 3.05) is 23.4 Å². The summed E-state index contributed by atoms with van der Waals surface area (Å²) in [7, 11) is -2.11. The molecule has 2 N–H and O–H groups in total. The number of amides is 1. The number of ether oxygens (including phenoxy) is 1. The lowest BCUT2D eigenvalue weighted by Crippen LogP contribution is -2.12. The van der Waals surface area contributed by atoms with Crippen molar-refractivity contribution >= 4 is 49.3 Å². The quantitative estimate of drug-likeness (QED) is 0.617. The van der Waals surface area contributed by atoms with E-state index in [4.69, 9.17) is 4.74 Å². The van der Waals surface area contributed by atoms with E-state index >= 15 is 0 Å². The van der Waals surface area contributed by atoms with Crippen LogP contribution in [0.3, 0.4) is 0 Å². The van der Waals surface area contributed by atoms with Gasteiger partial charge in [0, 0.05) is 18.2 Å². The molecular weight excluding hydrogens is 404 g/mol. The molecule has 0 saturated heterocycles. The first kappa shape index (κ1) is 19.9. The van der Waals surface area contributed by atoms with Gasteiger partial charge >= 0.3 is 0 Å². The highest BCUT2D eigenvalue weighted by Crippen LogP contribution is 2.34. The molecule has 3 aromatic rings. The van der Waals surface area contributed by atoms with Gasteiger partial charge in [0.1, 0.15) is 21.0 Å². The highest BCUT2D eigenvalue weighted by molar-refractivity contribution is 7.92. The number of aromatic nitrogens is 4. The third-order valence-electron chi connectivity index (χ3n) is 3.59. The zero-order chi connectivity index (χ0) is 20.5. The fourth-order valence-electron chi connectivity index (χ4n) is 2.35. The predicted octanol–water partition coefficient (Wildman–Crippen LogP) is 2.19. The van der Waals surface area contributed by atoms with Crippen LogP contribution >= 0.6 is 11.3 Å². The van der Waals surface area contributed by atoms with Crippen molar-refractivity contribution < 1.29 is 17.9 Å². The molecule has 0 atom stereocenters. The van der Waals surface area contributed by atoms with Crippen LogP contribution in [0.25, 0.3) is 20.9 Å². The van der Waals surface area contributed by atoms with Gasteiger partial charge in [-0.1, -0.05) is 18.3 Å². The molecule has 0 aliphatic heterocycles. The van der Waals surface area contributed by atoms with Gasteiger partial charge in [-0.2, -0.15) is 4.98 Å². The van der Waals surface area contributed by atoms with Gasteiger partial charge < -0.3 is 4.74 Å². The summed E-state index contributed by atoms with van der Waals surface area (Å²) in [4.78, 5) is 29.5. The fourth-order valence-corrected chi connectivity index (χ4v) is 3.87. The lowest BCUT2D eigenvalue weighted by atomic mass is 10.2. The third kappa shape index (κ3) is 4.34. The van der Waals surface area contributed by atoms with Crippen LogP contribution in [0.15, 0.2) is 12.3 Å². The zero-order valence-corrected chi connectivity index (χ0v) is 17.2. The van der Waals surface area contributed by atoms with Gasteiger partial charge in [-0.15, -0.1) is 0 Å². The summed E-state index contributed by atoms with van der Waals surface area (Å²) >= 11 is 1.28. The Balaban J connectivity index is 2.05. The molecule has 0 aliphatic carbocycles. The predicted molar refractivity (Wildman–Crippen MR) is 107 cm³/mol. The van der Waals surface area contributed by atoms with E-state index in [9.17, 15) is 13.2 Å². The fraction of sp³-hybridized carbons (Fsp3) is 0.312. The summed E-state index contributed by atoms with van der Waals surface area (Å²) in [5.74, 6) is 0.189. The number of nitrogens with zero attached hydrogens (tertiary/aromatic N) is 4. The number of thiazole rings is 1. The van der Waals surface area contributed by atoms with Crippen LogP contribution in [0.4, 0.5) is 11.6 Å². The number of carbonyl (C=O) groups excluding carboxylic acids is 1. The average molecular weight is 422 g/mol. The van der Waals surface area contributed by atoms with E-state index in [-0.39, 0.29) is 23.4 Å². The largest absolute Gasteiger partial charge is 0.480 e. The maximum absolute atomic E-state index is 11.6. The maximum atomic E-state index is 11.6. The number of pyridine rings is 1. The van der Waals surface area contributed by atoms with Crippen LogP contribution in [0.1, 0.15) is 19.0 Å². The second kappa shape index (κ2) is 7.64. The van der Waals surface area contributed by atoms with Gasteiger partial charge in [0.25, 0.3) is 0 Å². The van der Waals surface area contributed by atoms with Crippen molar-refractivity contribution in [2.24, 2.45) is 0 Å². The van der Waals surface area contributed by atoms with Gasteiger partial charge in [-0.25, -0.2) is 23.4 Å². The molecule has 0 unspecified atom stereocenters. The molecule has 3 rings (SSSR count). The van der Waals surface area contributed by atoms with Crippen molar-refractivity contribution in [3.63, 3.8) is 0 Å².